The molecule has 1 aromatic carbocycles. The van der Waals surface area contributed by atoms with Crippen molar-refractivity contribution in [1.82, 2.24) is 0 Å². The van der Waals surface area contributed by atoms with Crippen molar-refractivity contribution in [2.24, 2.45) is 23.7 Å². The Bertz CT molecular complexity index is 743. The van der Waals surface area contributed by atoms with Crippen LogP contribution < -0.4 is 4.90 Å². The number of carbonyl (C=O) groups is 2. The van der Waals surface area contributed by atoms with E-state index in [0.717, 1.165) is 12.8 Å². The first kappa shape index (κ1) is 14.6. The summed E-state index contributed by atoms with van der Waals surface area (Å²) < 4.78 is 0.382. The van der Waals surface area contributed by atoms with Gasteiger partial charge in [0.25, 0.3) is 5.69 Å². The van der Waals surface area contributed by atoms with Crippen LogP contribution >= 0.6 is 15.9 Å². The minimum Gasteiger partial charge on any atom is -0.274 e. The van der Waals surface area contributed by atoms with Gasteiger partial charge in [-0.05, 0) is 46.7 Å². The van der Waals surface area contributed by atoms with Gasteiger partial charge in [-0.1, -0.05) is 12.2 Å². The number of benzene rings is 1. The average Bonchev–Trinajstić information content (AvgIpc) is 2.82. The number of imide groups is 1. The minimum absolute atomic E-state index is 0.0844. The second-order valence-electron chi connectivity index (χ2n) is 6.25. The van der Waals surface area contributed by atoms with Crippen molar-refractivity contribution in [3.05, 3.63) is 44.9 Å². The highest BCUT2D eigenvalue weighted by Crippen LogP contribution is 2.51. The fourth-order valence-electron chi connectivity index (χ4n) is 4.10. The second-order valence-corrected chi connectivity index (χ2v) is 7.10. The lowest BCUT2D eigenvalue weighted by Gasteiger charge is -2.38. The van der Waals surface area contributed by atoms with Crippen LogP contribution in [0.25, 0.3) is 0 Å². The molecule has 0 N–H and O–H groups in total. The van der Waals surface area contributed by atoms with E-state index in [0.29, 0.717) is 10.2 Å². The van der Waals surface area contributed by atoms with Gasteiger partial charge < -0.3 is 0 Å². The number of hydrogen-bond acceptors (Lipinski definition) is 4. The van der Waals surface area contributed by atoms with Gasteiger partial charge in [0.05, 0.1) is 22.4 Å². The number of anilines is 1. The van der Waals surface area contributed by atoms with Crippen LogP contribution in [-0.2, 0) is 9.59 Å². The molecular weight excluding hydrogens is 364 g/mol. The molecule has 0 unspecified atom stereocenters. The second kappa shape index (κ2) is 4.99. The third kappa shape index (κ3) is 1.99. The van der Waals surface area contributed by atoms with Crippen LogP contribution in [0.4, 0.5) is 11.4 Å². The lowest BCUT2D eigenvalue weighted by Crippen LogP contribution is -2.38. The number of fused-ring (bicyclic) bond motifs is 1. The van der Waals surface area contributed by atoms with Crippen molar-refractivity contribution in [1.29, 1.82) is 0 Å². The van der Waals surface area contributed by atoms with Gasteiger partial charge in [-0.25, -0.2) is 4.90 Å². The molecule has 1 heterocycles. The molecule has 2 fully saturated rings. The maximum absolute atomic E-state index is 12.8. The van der Waals surface area contributed by atoms with Gasteiger partial charge in [0, 0.05) is 16.6 Å². The van der Waals surface area contributed by atoms with Crippen LogP contribution in [-0.4, -0.2) is 16.7 Å². The normalized spacial score (nSPS) is 31.6. The number of nitrogens with zero attached hydrogens (tertiary/aromatic N) is 2. The van der Waals surface area contributed by atoms with Crippen molar-refractivity contribution in [3.63, 3.8) is 0 Å². The van der Waals surface area contributed by atoms with Gasteiger partial charge in [-0.15, -0.1) is 0 Å². The lowest BCUT2D eigenvalue weighted by atomic mass is 9.63. The average molecular weight is 377 g/mol. The van der Waals surface area contributed by atoms with Crippen molar-refractivity contribution >= 4 is 39.1 Å². The highest BCUT2D eigenvalue weighted by Gasteiger charge is 2.57. The molecule has 2 bridgehead atoms. The molecule has 7 heteroatoms. The summed E-state index contributed by atoms with van der Waals surface area (Å²) in [6.45, 7) is 0. The van der Waals surface area contributed by atoms with Crippen molar-refractivity contribution < 1.29 is 14.5 Å². The molecular formula is C16H13BrN2O4. The standard InChI is InChI=1S/C16H13BrN2O4/c17-11-7-10(19(22)23)5-6-12(11)18-15(20)13-8-1-2-9(4-3-8)14(13)16(18)21/h1-2,5-9,13-14H,3-4H2/t8-,9-,13+,14+/m0/s1. The van der Waals surface area contributed by atoms with Crippen molar-refractivity contribution in [2.75, 3.05) is 4.90 Å². The molecule has 1 aromatic rings. The predicted molar refractivity (Wildman–Crippen MR) is 85.6 cm³/mol. The summed E-state index contributed by atoms with van der Waals surface area (Å²) in [5, 5.41) is 10.8. The molecule has 2 amide bonds. The number of allylic oxidation sites excluding steroid dienone is 2. The largest absolute Gasteiger partial charge is 0.274 e. The van der Waals surface area contributed by atoms with Crippen LogP contribution in [0.15, 0.2) is 34.8 Å². The predicted octanol–water partition coefficient (Wildman–Crippen LogP) is 3.06. The number of rotatable bonds is 2. The Kier molecular flexibility index (Phi) is 3.16. The molecule has 5 rings (SSSR count). The highest BCUT2D eigenvalue weighted by molar-refractivity contribution is 9.10. The van der Waals surface area contributed by atoms with Crippen LogP contribution in [0, 0.1) is 33.8 Å². The quantitative estimate of drug-likeness (QED) is 0.343. The maximum Gasteiger partial charge on any atom is 0.270 e. The van der Waals surface area contributed by atoms with Crippen LogP contribution in [0.2, 0.25) is 0 Å². The minimum atomic E-state index is -0.508. The number of halogens is 1. The molecule has 4 aliphatic rings. The molecule has 1 saturated carbocycles. The van der Waals surface area contributed by atoms with Crippen LogP contribution in [0.1, 0.15) is 12.8 Å². The Balaban J connectivity index is 1.75. The number of amides is 2. The number of nitro groups is 1. The zero-order valence-corrected chi connectivity index (χ0v) is 13.6. The highest BCUT2D eigenvalue weighted by atomic mass is 79.9. The number of carbonyl (C=O) groups excluding carboxylic acids is 2. The fraction of sp³-hybridized carbons (Fsp3) is 0.375. The third-order valence-electron chi connectivity index (χ3n) is 5.14. The van der Waals surface area contributed by atoms with Gasteiger partial charge >= 0.3 is 0 Å². The van der Waals surface area contributed by atoms with Crippen LogP contribution in [0.5, 0.6) is 0 Å². The first-order valence-corrected chi connectivity index (χ1v) is 8.28. The van der Waals surface area contributed by atoms with Gasteiger partial charge in [0.2, 0.25) is 11.8 Å². The first-order chi connectivity index (χ1) is 11.0. The Morgan fingerprint density at radius 1 is 1.09 bits per heavy atom. The summed E-state index contributed by atoms with van der Waals surface area (Å²) in [4.78, 5) is 37.2. The van der Waals surface area contributed by atoms with Crippen molar-refractivity contribution in [3.8, 4) is 0 Å². The lowest BCUT2D eigenvalue weighted by molar-refractivity contribution is -0.384. The Hall–Kier alpha value is -2.02. The van der Waals surface area contributed by atoms with Gasteiger partial charge in [-0.3, -0.25) is 19.7 Å². The summed E-state index contributed by atoms with van der Waals surface area (Å²) in [5.74, 6) is -0.685. The topological polar surface area (TPSA) is 80.5 Å². The third-order valence-corrected chi connectivity index (χ3v) is 5.78. The van der Waals surface area contributed by atoms with E-state index in [4.69, 9.17) is 0 Å². The Morgan fingerprint density at radius 2 is 1.65 bits per heavy atom. The van der Waals surface area contributed by atoms with E-state index in [9.17, 15) is 19.7 Å². The Labute approximate surface area is 140 Å². The van der Waals surface area contributed by atoms with E-state index >= 15 is 0 Å². The molecule has 3 aliphatic carbocycles. The summed E-state index contributed by atoms with van der Waals surface area (Å²) in [7, 11) is 0. The maximum atomic E-state index is 12.8. The molecule has 1 saturated heterocycles. The molecule has 1 aliphatic heterocycles. The fourth-order valence-corrected chi connectivity index (χ4v) is 4.65. The molecule has 118 valence electrons. The summed E-state index contributed by atoms with van der Waals surface area (Å²) >= 11 is 3.26. The van der Waals surface area contributed by atoms with Gasteiger partial charge in [-0.2, -0.15) is 0 Å². The van der Waals surface area contributed by atoms with E-state index in [1.165, 1.54) is 23.1 Å². The molecule has 23 heavy (non-hydrogen) atoms. The van der Waals surface area contributed by atoms with Gasteiger partial charge in [0.15, 0.2) is 0 Å². The van der Waals surface area contributed by atoms with Crippen LogP contribution in [0.3, 0.4) is 0 Å². The molecule has 0 radical (unpaired) electrons. The van der Waals surface area contributed by atoms with E-state index < -0.39 is 4.92 Å². The summed E-state index contributed by atoms with van der Waals surface area (Å²) in [6.07, 6.45) is 6.01. The number of non-ortho nitro benzene ring substituents is 1. The van der Waals surface area contributed by atoms with E-state index in [1.54, 1.807) is 0 Å². The Morgan fingerprint density at radius 3 is 2.09 bits per heavy atom. The molecule has 6 nitrogen and oxygen atoms in total. The molecule has 0 spiro atoms. The summed E-state index contributed by atoms with van der Waals surface area (Å²) in [6, 6.07) is 4.10. The van der Waals surface area contributed by atoms with E-state index in [2.05, 4.69) is 28.1 Å². The SMILES string of the molecule is O=C1[C@H]2[C@H](C(=O)N1c1ccc([N+](=O)[O-])cc1Br)[C@H]1C=C[C@H]2CC1. The van der Waals surface area contributed by atoms with E-state index in [1.807, 2.05) is 0 Å². The van der Waals surface area contributed by atoms with Crippen molar-refractivity contribution in [2.45, 2.75) is 12.8 Å². The van der Waals surface area contributed by atoms with E-state index in [-0.39, 0.29) is 41.2 Å². The smallest absolute Gasteiger partial charge is 0.270 e. The first-order valence-electron chi connectivity index (χ1n) is 7.49. The zero-order valence-electron chi connectivity index (χ0n) is 12.0. The number of hydrogen-bond donors (Lipinski definition) is 0. The van der Waals surface area contributed by atoms with Gasteiger partial charge in [0.1, 0.15) is 0 Å². The zero-order chi connectivity index (χ0) is 16.3. The molecule has 0 aromatic heterocycles. The molecule has 4 atom stereocenters. The monoisotopic (exact) mass is 376 g/mol. The number of nitro benzene ring substituents is 1. The summed E-state index contributed by atoms with van der Waals surface area (Å²) in [5.41, 5.74) is 0.304.